The number of nitrogens with zero attached hydrogens (tertiary/aromatic N) is 2. The molecule has 0 bridgehead atoms. The van der Waals surface area contributed by atoms with Gasteiger partial charge in [0.2, 0.25) is 5.91 Å². The van der Waals surface area contributed by atoms with Gasteiger partial charge in [-0.05, 0) is 49.8 Å². The molecule has 1 aromatic carbocycles. The van der Waals surface area contributed by atoms with Crippen molar-refractivity contribution < 1.29 is 9.59 Å². The van der Waals surface area contributed by atoms with Gasteiger partial charge in [0, 0.05) is 38.8 Å². The van der Waals surface area contributed by atoms with Gasteiger partial charge in [-0.15, -0.1) is 24.0 Å². The quantitative estimate of drug-likeness (QED) is 0.231. The monoisotopic (exact) mass is 525 g/mol. The number of rotatable bonds is 6. The molecule has 3 rings (SSSR count). The van der Waals surface area contributed by atoms with Crippen LogP contribution >= 0.6 is 24.0 Å². The van der Waals surface area contributed by atoms with E-state index in [4.69, 9.17) is 0 Å². The first kappa shape index (κ1) is 24.2. The highest BCUT2D eigenvalue weighted by Crippen LogP contribution is 2.19. The Morgan fingerprint density at radius 2 is 2.00 bits per heavy atom. The second-order valence-corrected chi connectivity index (χ2v) is 7.48. The van der Waals surface area contributed by atoms with Gasteiger partial charge >= 0.3 is 0 Å². The summed E-state index contributed by atoms with van der Waals surface area (Å²) in [6.07, 6.45) is 8.50. The van der Waals surface area contributed by atoms with Crippen molar-refractivity contribution in [2.75, 3.05) is 33.2 Å². The second-order valence-electron chi connectivity index (χ2n) is 7.48. The third-order valence-corrected chi connectivity index (χ3v) is 5.33. The maximum Gasteiger partial charge on any atom is 0.254 e. The molecule has 1 aliphatic carbocycles. The molecule has 1 saturated heterocycles. The fraction of sp³-hybridized carbons (Fsp3) is 0.500. The zero-order valence-corrected chi connectivity index (χ0v) is 19.9. The van der Waals surface area contributed by atoms with Crippen molar-refractivity contribution in [1.82, 2.24) is 20.9 Å². The van der Waals surface area contributed by atoms with Crippen LogP contribution in [0.25, 0.3) is 0 Å². The summed E-state index contributed by atoms with van der Waals surface area (Å²) in [5.74, 6) is 0.568. The number of aliphatic imine (C=N–C) groups is 1. The molecule has 2 amide bonds. The zero-order chi connectivity index (χ0) is 20.5. The number of hydrogen-bond acceptors (Lipinski definition) is 3. The van der Waals surface area contributed by atoms with Gasteiger partial charge in [-0.2, -0.15) is 0 Å². The Hall–Kier alpha value is -2.10. The summed E-state index contributed by atoms with van der Waals surface area (Å²) in [5, 5.41) is 9.41. The molecular formula is C22H32IN5O2. The van der Waals surface area contributed by atoms with Crippen molar-refractivity contribution in [3.63, 3.8) is 0 Å². The molecule has 30 heavy (non-hydrogen) atoms. The van der Waals surface area contributed by atoms with E-state index in [1.54, 1.807) is 17.5 Å². The van der Waals surface area contributed by atoms with Crippen LogP contribution in [0.15, 0.2) is 40.9 Å². The lowest BCUT2D eigenvalue weighted by atomic mass is 9.97. The molecule has 1 heterocycles. The number of piperazine rings is 1. The molecule has 0 unspecified atom stereocenters. The van der Waals surface area contributed by atoms with E-state index < -0.39 is 0 Å². The van der Waals surface area contributed by atoms with Crippen LogP contribution in [0.4, 0.5) is 0 Å². The van der Waals surface area contributed by atoms with Crippen LogP contribution in [-0.2, 0) is 11.3 Å². The minimum absolute atomic E-state index is 0. The fourth-order valence-electron chi connectivity index (χ4n) is 3.64. The average Bonchev–Trinajstić information content (AvgIpc) is 2.76. The summed E-state index contributed by atoms with van der Waals surface area (Å²) in [5.41, 5.74) is 3.22. The molecule has 164 valence electrons. The van der Waals surface area contributed by atoms with E-state index in [0.717, 1.165) is 24.5 Å². The first-order valence-electron chi connectivity index (χ1n) is 10.4. The highest BCUT2D eigenvalue weighted by atomic mass is 127. The molecular weight excluding hydrogens is 493 g/mol. The lowest BCUT2D eigenvalue weighted by molar-refractivity contribution is -0.123. The maximum atomic E-state index is 12.5. The molecule has 1 aliphatic heterocycles. The smallest absolute Gasteiger partial charge is 0.254 e. The van der Waals surface area contributed by atoms with E-state index in [1.165, 1.54) is 25.7 Å². The van der Waals surface area contributed by atoms with Crippen molar-refractivity contribution in [3.05, 3.63) is 47.0 Å². The van der Waals surface area contributed by atoms with Crippen LogP contribution in [-0.4, -0.2) is 55.9 Å². The number of benzene rings is 1. The normalized spacial score (nSPS) is 16.8. The minimum atomic E-state index is -0.107. The summed E-state index contributed by atoms with van der Waals surface area (Å²) >= 11 is 0. The van der Waals surface area contributed by atoms with Crippen molar-refractivity contribution in [2.24, 2.45) is 4.99 Å². The number of guanidine groups is 1. The predicted octanol–water partition coefficient (Wildman–Crippen LogP) is 2.43. The van der Waals surface area contributed by atoms with E-state index in [9.17, 15) is 9.59 Å². The zero-order valence-electron chi connectivity index (χ0n) is 17.6. The molecule has 0 radical (unpaired) electrons. The molecule has 2 aliphatic rings. The van der Waals surface area contributed by atoms with Crippen LogP contribution in [0, 0.1) is 0 Å². The van der Waals surface area contributed by atoms with Crippen LogP contribution in [0.2, 0.25) is 0 Å². The number of hydrogen-bond donors (Lipinski definition) is 3. The molecule has 0 aromatic heterocycles. The number of carbonyl (C=O) groups is 2. The van der Waals surface area contributed by atoms with Gasteiger partial charge in [0.05, 0.1) is 6.54 Å². The van der Waals surface area contributed by atoms with Crippen LogP contribution in [0.5, 0.6) is 0 Å². The Bertz CT molecular complexity index is 776. The maximum absolute atomic E-state index is 12.5. The molecule has 0 atom stereocenters. The summed E-state index contributed by atoms with van der Waals surface area (Å²) in [6.45, 7) is 2.69. The highest BCUT2D eigenvalue weighted by Gasteiger charge is 2.22. The van der Waals surface area contributed by atoms with E-state index >= 15 is 0 Å². The van der Waals surface area contributed by atoms with E-state index in [-0.39, 0.29) is 42.3 Å². The third kappa shape index (κ3) is 7.30. The average molecular weight is 525 g/mol. The number of carbonyl (C=O) groups excluding carboxylic acids is 2. The van der Waals surface area contributed by atoms with Crippen LogP contribution in [0.1, 0.15) is 48.0 Å². The molecule has 8 heteroatoms. The van der Waals surface area contributed by atoms with Crippen molar-refractivity contribution in [1.29, 1.82) is 0 Å². The first-order chi connectivity index (χ1) is 14.2. The predicted molar refractivity (Wildman–Crippen MR) is 130 cm³/mol. The Balaban J connectivity index is 0.00000320. The molecule has 0 spiro atoms. The van der Waals surface area contributed by atoms with Crippen LogP contribution in [0.3, 0.4) is 0 Å². The molecule has 3 N–H and O–H groups in total. The lowest BCUT2D eigenvalue weighted by Gasteiger charge is -2.26. The number of amides is 2. The fourth-order valence-corrected chi connectivity index (χ4v) is 3.64. The van der Waals surface area contributed by atoms with Gasteiger partial charge in [-0.3, -0.25) is 14.6 Å². The topological polar surface area (TPSA) is 85.8 Å². The van der Waals surface area contributed by atoms with E-state index in [2.05, 4.69) is 27.0 Å². The van der Waals surface area contributed by atoms with Gasteiger partial charge in [0.25, 0.3) is 5.91 Å². The highest BCUT2D eigenvalue weighted by molar-refractivity contribution is 14.0. The Kier molecular flexibility index (Phi) is 10.1. The van der Waals surface area contributed by atoms with Crippen molar-refractivity contribution in [2.45, 2.75) is 38.6 Å². The SMILES string of the molecule is CN=C(NCCC1=CCCCC1)NCc1ccc(C(=O)N2CCNC(=O)C2)cc1.I. The third-order valence-electron chi connectivity index (χ3n) is 5.33. The lowest BCUT2D eigenvalue weighted by Crippen LogP contribution is -2.49. The molecule has 1 fully saturated rings. The summed E-state index contributed by atoms with van der Waals surface area (Å²) < 4.78 is 0. The van der Waals surface area contributed by atoms with Gasteiger partial charge < -0.3 is 20.9 Å². The standard InChI is InChI=1S/C22H31N5O2.HI/c1-23-22(25-12-11-17-5-3-2-4-6-17)26-15-18-7-9-19(10-8-18)21(29)27-14-13-24-20(28)16-27;/h5,7-10H,2-4,6,11-16H2,1H3,(H,24,28)(H2,23,25,26);1H. The second kappa shape index (κ2) is 12.6. The molecule has 1 aromatic rings. The molecule has 7 nitrogen and oxygen atoms in total. The van der Waals surface area contributed by atoms with E-state index in [1.807, 2.05) is 24.3 Å². The summed E-state index contributed by atoms with van der Waals surface area (Å²) in [6, 6.07) is 7.50. The van der Waals surface area contributed by atoms with Gasteiger partial charge in [-0.1, -0.05) is 23.8 Å². The Morgan fingerprint density at radius 1 is 1.20 bits per heavy atom. The largest absolute Gasteiger partial charge is 0.356 e. The first-order valence-corrected chi connectivity index (χ1v) is 10.4. The Labute approximate surface area is 195 Å². The number of nitrogens with one attached hydrogen (secondary N) is 3. The van der Waals surface area contributed by atoms with Gasteiger partial charge in [-0.25, -0.2) is 0 Å². The van der Waals surface area contributed by atoms with E-state index in [0.29, 0.717) is 25.2 Å². The minimum Gasteiger partial charge on any atom is -0.356 e. The number of halogens is 1. The van der Waals surface area contributed by atoms with Crippen molar-refractivity contribution in [3.8, 4) is 0 Å². The Morgan fingerprint density at radius 3 is 2.67 bits per heavy atom. The summed E-state index contributed by atoms with van der Waals surface area (Å²) in [7, 11) is 1.77. The summed E-state index contributed by atoms with van der Waals surface area (Å²) in [4.78, 5) is 29.8. The van der Waals surface area contributed by atoms with Crippen LogP contribution < -0.4 is 16.0 Å². The number of allylic oxidation sites excluding steroid dienone is 1. The van der Waals surface area contributed by atoms with Gasteiger partial charge in [0.1, 0.15) is 0 Å². The van der Waals surface area contributed by atoms with Gasteiger partial charge in [0.15, 0.2) is 5.96 Å². The molecule has 0 saturated carbocycles. The van der Waals surface area contributed by atoms with Crippen molar-refractivity contribution >= 4 is 41.8 Å².